The minimum absolute atomic E-state index is 0.00455. The van der Waals surface area contributed by atoms with Crippen LogP contribution >= 0.6 is 0 Å². The predicted molar refractivity (Wildman–Crippen MR) is 122 cm³/mol. The van der Waals surface area contributed by atoms with Crippen molar-refractivity contribution in [1.29, 1.82) is 0 Å². The van der Waals surface area contributed by atoms with Crippen molar-refractivity contribution in [3.63, 3.8) is 0 Å². The Morgan fingerprint density at radius 1 is 1.06 bits per heavy atom. The van der Waals surface area contributed by atoms with Gasteiger partial charge in [-0.1, -0.05) is 39.3 Å². The van der Waals surface area contributed by atoms with Gasteiger partial charge in [-0.2, -0.15) is 0 Å². The summed E-state index contributed by atoms with van der Waals surface area (Å²) in [4.78, 5) is 63.6. The molecule has 4 aliphatic rings. The van der Waals surface area contributed by atoms with E-state index in [1.165, 1.54) is 0 Å². The Morgan fingerprint density at radius 3 is 2.44 bits per heavy atom. The normalized spacial score (nSPS) is 38.4. The van der Waals surface area contributed by atoms with Crippen molar-refractivity contribution < 1.29 is 33.4 Å². The number of allylic oxidation sites excluding steroid dienone is 4. The third-order valence-electron chi connectivity index (χ3n) is 9.06. The zero-order valence-corrected chi connectivity index (χ0v) is 20.5. The lowest BCUT2D eigenvalue weighted by Crippen LogP contribution is -2.62. The van der Waals surface area contributed by atoms with Crippen LogP contribution in [0.2, 0.25) is 0 Å². The summed E-state index contributed by atoms with van der Waals surface area (Å²) >= 11 is 0. The molecular weight excluding hydrogens is 436 g/mol. The van der Waals surface area contributed by atoms with Gasteiger partial charge in [0.15, 0.2) is 18.0 Å². The summed E-state index contributed by atoms with van der Waals surface area (Å²) in [5.41, 5.74) is -1.88. The standard InChI is InChI=1S/C27H34O7/c1-5-22(31)33-15-21(30)27(34-23(32)6-2)12-10-19-18-8-7-16-13-17(28)9-11-25(16,3)24(18)20(29)14-26(19,27)4/h9,11,13,18-19,24H,5-8,10,12,14-15H2,1-4H3/t18-,19?,24?,25?,26-,27-/m0/s1. The Morgan fingerprint density at radius 2 is 1.76 bits per heavy atom. The van der Waals surface area contributed by atoms with Gasteiger partial charge in [-0.25, -0.2) is 0 Å². The van der Waals surface area contributed by atoms with Gasteiger partial charge in [-0.3, -0.25) is 24.0 Å². The molecule has 0 heterocycles. The molecule has 0 aromatic carbocycles. The van der Waals surface area contributed by atoms with E-state index in [4.69, 9.17) is 9.47 Å². The highest BCUT2D eigenvalue weighted by Crippen LogP contribution is 2.67. The van der Waals surface area contributed by atoms with Crippen LogP contribution in [0.4, 0.5) is 0 Å². The summed E-state index contributed by atoms with van der Waals surface area (Å²) in [7, 11) is 0. The lowest BCUT2D eigenvalue weighted by atomic mass is 9.46. The molecule has 0 radical (unpaired) electrons. The predicted octanol–water partition coefficient (Wildman–Crippen LogP) is 3.69. The zero-order valence-electron chi connectivity index (χ0n) is 20.5. The maximum absolute atomic E-state index is 13.8. The molecule has 3 fully saturated rings. The minimum Gasteiger partial charge on any atom is -0.457 e. The van der Waals surface area contributed by atoms with Crippen LogP contribution in [0.5, 0.6) is 0 Å². The average Bonchev–Trinajstić information content (AvgIpc) is 3.09. The summed E-state index contributed by atoms with van der Waals surface area (Å²) in [5, 5.41) is 0. The van der Waals surface area contributed by atoms with Gasteiger partial charge in [-0.15, -0.1) is 0 Å². The molecule has 0 N–H and O–H groups in total. The second-order valence-corrected chi connectivity index (χ2v) is 10.7. The van der Waals surface area contributed by atoms with Gasteiger partial charge >= 0.3 is 11.9 Å². The van der Waals surface area contributed by atoms with E-state index in [1.54, 1.807) is 26.0 Å². The van der Waals surface area contributed by atoms with Crippen molar-refractivity contribution in [3.8, 4) is 0 Å². The van der Waals surface area contributed by atoms with E-state index in [1.807, 2.05) is 19.9 Å². The number of ketones is 3. The molecule has 0 bridgehead atoms. The molecule has 3 saturated carbocycles. The average molecular weight is 471 g/mol. The number of ether oxygens (including phenoxy) is 2. The number of fused-ring (bicyclic) bond motifs is 5. The van der Waals surface area contributed by atoms with E-state index >= 15 is 0 Å². The number of esters is 2. The van der Waals surface area contributed by atoms with Crippen molar-refractivity contribution in [2.45, 2.75) is 78.2 Å². The van der Waals surface area contributed by atoms with Crippen molar-refractivity contribution in [2.24, 2.45) is 28.6 Å². The molecule has 0 spiro atoms. The molecule has 0 saturated heterocycles. The van der Waals surface area contributed by atoms with Crippen LogP contribution in [0, 0.1) is 28.6 Å². The highest BCUT2D eigenvalue weighted by atomic mass is 16.6. The Hall–Kier alpha value is -2.57. The number of hydrogen-bond acceptors (Lipinski definition) is 7. The van der Waals surface area contributed by atoms with E-state index in [0.717, 1.165) is 18.4 Å². The maximum atomic E-state index is 13.8. The van der Waals surface area contributed by atoms with Crippen LogP contribution < -0.4 is 0 Å². The summed E-state index contributed by atoms with van der Waals surface area (Å²) in [5.74, 6) is -1.72. The second kappa shape index (κ2) is 8.58. The maximum Gasteiger partial charge on any atom is 0.306 e. The first-order chi connectivity index (χ1) is 16.0. The van der Waals surface area contributed by atoms with Crippen LogP contribution in [0.1, 0.15) is 72.6 Å². The summed E-state index contributed by atoms with van der Waals surface area (Å²) in [6.45, 7) is 6.78. The summed E-state index contributed by atoms with van der Waals surface area (Å²) < 4.78 is 11.1. The van der Waals surface area contributed by atoms with Crippen LogP contribution in [-0.4, -0.2) is 41.5 Å². The van der Waals surface area contributed by atoms with Gasteiger partial charge in [0.05, 0.1) is 0 Å². The first kappa shape index (κ1) is 24.6. The molecule has 4 aliphatic carbocycles. The van der Waals surface area contributed by atoms with E-state index in [0.29, 0.717) is 12.8 Å². The van der Waals surface area contributed by atoms with Crippen molar-refractivity contribution in [3.05, 3.63) is 23.8 Å². The number of carbonyl (C=O) groups is 5. The van der Waals surface area contributed by atoms with E-state index in [-0.39, 0.29) is 48.6 Å². The molecule has 184 valence electrons. The third kappa shape index (κ3) is 3.50. The summed E-state index contributed by atoms with van der Waals surface area (Å²) in [6.07, 6.45) is 7.89. The molecule has 7 nitrogen and oxygen atoms in total. The largest absolute Gasteiger partial charge is 0.457 e. The first-order valence-corrected chi connectivity index (χ1v) is 12.4. The molecule has 3 unspecified atom stereocenters. The van der Waals surface area contributed by atoms with E-state index in [2.05, 4.69) is 0 Å². The molecule has 6 atom stereocenters. The van der Waals surface area contributed by atoms with Gasteiger partial charge in [0.1, 0.15) is 5.78 Å². The van der Waals surface area contributed by atoms with Crippen molar-refractivity contribution in [2.75, 3.05) is 6.61 Å². The SMILES string of the molecule is CCC(=O)OCC(=O)[C@@]1(OC(=O)CC)CCC2[C@@H]3CCC4=CC(=O)C=CC4(C)C3C(=O)C[C@@]21C. The Kier molecular flexibility index (Phi) is 6.19. The molecule has 34 heavy (non-hydrogen) atoms. The van der Waals surface area contributed by atoms with Crippen LogP contribution in [0.3, 0.4) is 0 Å². The minimum atomic E-state index is -1.49. The number of Topliss-reactive ketones (excluding diaryl/α,β-unsaturated/α-hetero) is 2. The van der Waals surface area contributed by atoms with Gasteiger partial charge in [-0.05, 0) is 49.7 Å². The number of carbonyl (C=O) groups excluding carboxylic acids is 5. The molecule has 0 aromatic heterocycles. The molecule has 0 aliphatic heterocycles. The van der Waals surface area contributed by atoms with Crippen molar-refractivity contribution in [1.82, 2.24) is 0 Å². The lowest BCUT2D eigenvalue weighted by Gasteiger charge is -2.57. The second-order valence-electron chi connectivity index (χ2n) is 10.7. The zero-order chi connectivity index (χ0) is 24.9. The molecular formula is C27H34O7. The van der Waals surface area contributed by atoms with Gasteiger partial charge in [0.25, 0.3) is 0 Å². The monoisotopic (exact) mass is 470 g/mol. The van der Waals surface area contributed by atoms with Crippen LogP contribution in [-0.2, 0) is 33.4 Å². The fourth-order valence-electron chi connectivity index (χ4n) is 7.33. The van der Waals surface area contributed by atoms with E-state index in [9.17, 15) is 24.0 Å². The molecule has 0 aromatic rings. The van der Waals surface area contributed by atoms with Gasteiger partial charge < -0.3 is 9.47 Å². The topological polar surface area (TPSA) is 104 Å². The lowest BCUT2D eigenvalue weighted by molar-refractivity contribution is -0.192. The highest BCUT2D eigenvalue weighted by Gasteiger charge is 2.70. The smallest absolute Gasteiger partial charge is 0.306 e. The van der Waals surface area contributed by atoms with Crippen LogP contribution in [0.15, 0.2) is 23.8 Å². The van der Waals surface area contributed by atoms with Gasteiger partial charge in [0, 0.05) is 36.0 Å². The molecule has 7 heteroatoms. The Balaban J connectivity index is 1.72. The first-order valence-electron chi connectivity index (χ1n) is 12.4. The molecule has 4 rings (SSSR count). The quantitative estimate of drug-likeness (QED) is 0.545. The Bertz CT molecular complexity index is 1010. The molecule has 0 amide bonds. The fourth-order valence-corrected chi connectivity index (χ4v) is 7.33. The summed E-state index contributed by atoms with van der Waals surface area (Å²) in [6, 6.07) is 0. The van der Waals surface area contributed by atoms with Crippen molar-refractivity contribution >= 4 is 29.3 Å². The number of rotatable bonds is 6. The third-order valence-corrected chi connectivity index (χ3v) is 9.06. The van der Waals surface area contributed by atoms with Gasteiger partial charge in [0.2, 0.25) is 5.78 Å². The Labute approximate surface area is 200 Å². The van der Waals surface area contributed by atoms with E-state index < -0.39 is 40.8 Å². The highest BCUT2D eigenvalue weighted by molar-refractivity contribution is 6.02. The fraction of sp³-hybridized carbons (Fsp3) is 0.667. The van der Waals surface area contributed by atoms with Crippen LogP contribution in [0.25, 0.3) is 0 Å². The number of hydrogen-bond donors (Lipinski definition) is 0.